The molecule has 1 aromatic heterocycles. The molecule has 2 aliphatic rings. The molecule has 0 bridgehead atoms. The van der Waals surface area contributed by atoms with Gasteiger partial charge >= 0.3 is 0 Å². The Labute approximate surface area is 137 Å². The van der Waals surface area contributed by atoms with E-state index in [4.69, 9.17) is 4.42 Å². The van der Waals surface area contributed by atoms with Gasteiger partial charge < -0.3 is 9.73 Å². The molecule has 0 unspecified atom stereocenters. The maximum Gasteiger partial charge on any atom is 0.226 e. The minimum atomic E-state index is 0. The number of hydrogen-bond donors (Lipinski definition) is 1. The molecule has 22 heavy (non-hydrogen) atoms. The number of nitrogens with zero attached hydrogens (tertiary/aromatic N) is 2. The molecule has 4 nitrogen and oxygen atoms in total. The molecule has 0 spiro atoms. The van der Waals surface area contributed by atoms with Crippen LogP contribution in [0.25, 0.3) is 11.5 Å². The standard InChI is InChI=1S/C17H21N3O.ClH/c1-12-2-4-13(5-3-12)17-19-16(11-21-17)10-20-8-14-6-18-7-15(14)9-20;/h2-5,11,14-15,18H,6-10H2,1H3;1H/t14-,15+;. The molecule has 2 atom stereocenters. The van der Waals surface area contributed by atoms with Gasteiger partial charge in [0.25, 0.3) is 0 Å². The van der Waals surface area contributed by atoms with Crippen molar-refractivity contribution >= 4 is 12.4 Å². The fourth-order valence-corrected chi connectivity index (χ4v) is 3.52. The summed E-state index contributed by atoms with van der Waals surface area (Å²) in [7, 11) is 0. The summed E-state index contributed by atoms with van der Waals surface area (Å²) in [4.78, 5) is 7.15. The molecule has 2 aromatic rings. The van der Waals surface area contributed by atoms with Gasteiger partial charge in [-0.25, -0.2) is 4.98 Å². The second-order valence-electron chi connectivity index (χ2n) is 6.38. The molecule has 2 fully saturated rings. The average Bonchev–Trinajstić information content (AvgIpc) is 3.16. The summed E-state index contributed by atoms with van der Waals surface area (Å²) < 4.78 is 5.64. The molecule has 0 aliphatic carbocycles. The third-order valence-electron chi connectivity index (χ3n) is 4.70. The fourth-order valence-electron chi connectivity index (χ4n) is 3.52. The van der Waals surface area contributed by atoms with Gasteiger partial charge in [-0.3, -0.25) is 4.90 Å². The second kappa shape index (κ2) is 6.41. The monoisotopic (exact) mass is 319 g/mol. The van der Waals surface area contributed by atoms with Crippen LogP contribution in [0.15, 0.2) is 34.9 Å². The van der Waals surface area contributed by atoms with Crippen LogP contribution in [0.2, 0.25) is 0 Å². The van der Waals surface area contributed by atoms with E-state index < -0.39 is 0 Å². The summed E-state index contributed by atoms with van der Waals surface area (Å²) in [6.45, 7) is 7.71. The minimum absolute atomic E-state index is 0. The Morgan fingerprint density at radius 3 is 2.55 bits per heavy atom. The van der Waals surface area contributed by atoms with E-state index in [2.05, 4.69) is 46.4 Å². The van der Waals surface area contributed by atoms with Crippen molar-refractivity contribution in [2.75, 3.05) is 26.2 Å². The third-order valence-corrected chi connectivity index (χ3v) is 4.70. The van der Waals surface area contributed by atoms with E-state index in [0.29, 0.717) is 0 Å². The van der Waals surface area contributed by atoms with Crippen molar-refractivity contribution in [2.24, 2.45) is 11.8 Å². The first-order valence-corrected chi connectivity index (χ1v) is 7.72. The molecular weight excluding hydrogens is 298 g/mol. The largest absolute Gasteiger partial charge is 0.444 e. The Morgan fingerprint density at radius 2 is 1.86 bits per heavy atom. The molecule has 4 rings (SSSR count). The number of fused-ring (bicyclic) bond motifs is 1. The number of benzene rings is 1. The number of halogens is 1. The number of oxazole rings is 1. The summed E-state index contributed by atoms with van der Waals surface area (Å²) in [5.74, 6) is 2.38. The second-order valence-corrected chi connectivity index (χ2v) is 6.38. The SMILES string of the molecule is Cc1ccc(-c2nc(CN3C[C@H]4CNC[C@H]4C3)co2)cc1.Cl. The fraction of sp³-hybridized carbons (Fsp3) is 0.471. The lowest BCUT2D eigenvalue weighted by Crippen LogP contribution is -2.25. The van der Waals surface area contributed by atoms with Crippen LogP contribution < -0.4 is 5.32 Å². The highest BCUT2D eigenvalue weighted by Crippen LogP contribution is 2.28. The van der Waals surface area contributed by atoms with Crippen molar-refractivity contribution in [3.63, 3.8) is 0 Å². The molecular formula is C17H22ClN3O. The zero-order valence-corrected chi connectivity index (χ0v) is 13.6. The van der Waals surface area contributed by atoms with Gasteiger partial charge in [-0.2, -0.15) is 0 Å². The van der Waals surface area contributed by atoms with Crippen molar-refractivity contribution in [2.45, 2.75) is 13.5 Å². The van der Waals surface area contributed by atoms with Crippen LogP contribution in [0, 0.1) is 18.8 Å². The van der Waals surface area contributed by atoms with Crippen LogP contribution in [0.5, 0.6) is 0 Å². The van der Waals surface area contributed by atoms with Crippen LogP contribution in [-0.4, -0.2) is 36.1 Å². The number of aryl methyl sites for hydroxylation is 1. The molecule has 2 aliphatic heterocycles. The van der Waals surface area contributed by atoms with E-state index in [-0.39, 0.29) is 12.4 Å². The first-order chi connectivity index (χ1) is 10.3. The molecule has 1 N–H and O–H groups in total. The lowest BCUT2D eigenvalue weighted by molar-refractivity contribution is 0.302. The maximum absolute atomic E-state index is 5.64. The molecule has 0 radical (unpaired) electrons. The molecule has 1 aromatic carbocycles. The Balaban J connectivity index is 0.00000144. The molecule has 0 saturated carbocycles. The lowest BCUT2D eigenvalue weighted by Gasteiger charge is -2.14. The molecule has 0 amide bonds. The number of nitrogens with one attached hydrogen (secondary N) is 1. The van der Waals surface area contributed by atoms with E-state index in [1.54, 1.807) is 0 Å². The van der Waals surface area contributed by atoms with Crippen LogP contribution in [0.3, 0.4) is 0 Å². The molecule has 5 heteroatoms. The van der Waals surface area contributed by atoms with E-state index in [1.165, 1.54) is 31.7 Å². The highest BCUT2D eigenvalue weighted by Gasteiger charge is 2.36. The van der Waals surface area contributed by atoms with Crippen molar-refractivity contribution in [1.82, 2.24) is 15.2 Å². The van der Waals surface area contributed by atoms with Gasteiger partial charge in [-0.15, -0.1) is 12.4 Å². The van der Waals surface area contributed by atoms with Crippen molar-refractivity contribution in [1.29, 1.82) is 0 Å². The molecule has 2 saturated heterocycles. The zero-order chi connectivity index (χ0) is 14.2. The topological polar surface area (TPSA) is 41.3 Å². The highest BCUT2D eigenvalue weighted by atomic mass is 35.5. The van der Waals surface area contributed by atoms with Crippen molar-refractivity contribution in [3.8, 4) is 11.5 Å². The Hall–Kier alpha value is -1.36. The van der Waals surface area contributed by atoms with Crippen LogP contribution in [0.1, 0.15) is 11.3 Å². The maximum atomic E-state index is 5.64. The van der Waals surface area contributed by atoms with Gasteiger partial charge in [-0.1, -0.05) is 17.7 Å². The Morgan fingerprint density at radius 1 is 1.18 bits per heavy atom. The average molecular weight is 320 g/mol. The quantitative estimate of drug-likeness (QED) is 0.944. The predicted molar refractivity (Wildman–Crippen MR) is 89.1 cm³/mol. The van der Waals surface area contributed by atoms with Gasteiger partial charge in [0.1, 0.15) is 6.26 Å². The Bertz CT molecular complexity index is 613. The first-order valence-electron chi connectivity index (χ1n) is 7.72. The predicted octanol–water partition coefficient (Wildman–Crippen LogP) is 2.72. The molecule has 118 valence electrons. The molecule has 3 heterocycles. The van der Waals surface area contributed by atoms with Gasteiger partial charge in [0.15, 0.2) is 0 Å². The van der Waals surface area contributed by atoms with E-state index in [0.717, 1.165) is 35.5 Å². The van der Waals surface area contributed by atoms with Crippen LogP contribution in [-0.2, 0) is 6.54 Å². The smallest absolute Gasteiger partial charge is 0.226 e. The van der Waals surface area contributed by atoms with Gasteiger partial charge in [0, 0.05) is 25.2 Å². The van der Waals surface area contributed by atoms with E-state index >= 15 is 0 Å². The minimum Gasteiger partial charge on any atom is -0.444 e. The van der Waals surface area contributed by atoms with Gasteiger partial charge in [-0.05, 0) is 44.0 Å². The van der Waals surface area contributed by atoms with E-state index in [1.807, 2.05) is 6.26 Å². The van der Waals surface area contributed by atoms with Gasteiger partial charge in [0.2, 0.25) is 5.89 Å². The Kier molecular flexibility index (Phi) is 4.52. The number of hydrogen-bond acceptors (Lipinski definition) is 4. The number of likely N-dealkylation sites (tertiary alicyclic amines) is 1. The lowest BCUT2D eigenvalue weighted by atomic mass is 10.0. The zero-order valence-electron chi connectivity index (χ0n) is 12.8. The van der Waals surface area contributed by atoms with Crippen molar-refractivity contribution < 1.29 is 4.42 Å². The van der Waals surface area contributed by atoms with Crippen molar-refractivity contribution in [3.05, 3.63) is 41.8 Å². The summed E-state index contributed by atoms with van der Waals surface area (Å²) >= 11 is 0. The number of rotatable bonds is 3. The highest BCUT2D eigenvalue weighted by molar-refractivity contribution is 5.85. The summed E-state index contributed by atoms with van der Waals surface area (Å²) in [5, 5.41) is 3.48. The van der Waals surface area contributed by atoms with E-state index in [9.17, 15) is 0 Å². The normalized spacial score (nSPS) is 24.2. The summed E-state index contributed by atoms with van der Waals surface area (Å²) in [6, 6.07) is 8.31. The first kappa shape index (κ1) is 15.5. The summed E-state index contributed by atoms with van der Waals surface area (Å²) in [5.41, 5.74) is 3.34. The van der Waals surface area contributed by atoms with Gasteiger partial charge in [0.05, 0.1) is 5.69 Å². The van der Waals surface area contributed by atoms with Crippen LogP contribution >= 0.6 is 12.4 Å². The third kappa shape index (κ3) is 3.05. The number of aromatic nitrogens is 1. The summed E-state index contributed by atoms with van der Waals surface area (Å²) in [6.07, 6.45) is 1.81. The van der Waals surface area contributed by atoms with Crippen LogP contribution in [0.4, 0.5) is 0 Å².